The van der Waals surface area contributed by atoms with Crippen LogP contribution in [0.4, 0.5) is 31.9 Å². The maximum Gasteiger partial charge on any atom is 0.258 e. The largest absolute Gasteiger partial charge is 0.377 e. The molecule has 0 spiro atoms. The Hall–Kier alpha value is -3.38. The second kappa shape index (κ2) is 12.1. The van der Waals surface area contributed by atoms with Gasteiger partial charge in [0.15, 0.2) is 5.65 Å². The number of benzene rings is 1. The van der Waals surface area contributed by atoms with Gasteiger partial charge in [-0.15, -0.1) is 20.2 Å². The van der Waals surface area contributed by atoms with E-state index in [0.717, 1.165) is 12.1 Å². The minimum atomic E-state index is -4.21. The Morgan fingerprint density at radius 2 is 1.60 bits per heavy atom. The summed E-state index contributed by atoms with van der Waals surface area (Å²) >= 11 is 0. The molecule has 3 aromatic rings. The van der Waals surface area contributed by atoms with Gasteiger partial charge in [0.05, 0.1) is 28.4 Å². The van der Waals surface area contributed by atoms with E-state index in [1.165, 1.54) is 49.0 Å². The van der Waals surface area contributed by atoms with Crippen molar-refractivity contribution >= 4 is 62.8 Å². The number of anilines is 4. The lowest BCUT2D eigenvalue weighted by Crippen LogP contribution is -2.43. The summed E-state index contributed by atoms with van der Waals surface area (Å²) in [4.78, 5) is 26.3. The summed E-state index contributed by atoms with van der Waals surface area (Å²) in [5.41, 5.74) is 0.889. The lowest BCUT2D eigenvalue weighted by Gasteiger charge is -2.45. The molecule has 0 atom stereocenters. The van der Waals surface area contributed by atoms with E-state index in [0.29, 0.717) is 28.1 Å². The van der Waals surface area contributed by atoms with Gasteiger partial charge in [0.25, 0.3) is 11.8 Å². The van der Waals surface area contributed by atoms with Crippen LogP contribution in [0, 0.1) is 0 Å². The average molecular weight is 685 g/mol. The Balaban J connectivity index is 1.54. The number of aromatic nitrogens is 4. The number of alkyl halides is 2. The van der Waals surface area contributed by atoms with Crippen molar-refractivity contribution in [2.45, 2.75) is 57.8 Å². The fraction of sp³-hybridized carbons (Fsp3) is 0.556. The van der Waals surface area contributed by atoms with Crippen molar-refractivity contribution in [1.29, 1.82) is 0 Å². The van der Waals surface area contributed by atoms with E-state index in [1.54, 1.807) is 4.90 Å². The summed E-state index contributed by atoms with van der Waals surface area (Å²) < 4.78 is 81.7. The number of amides is 1. The number of fused-ring (bicyclic) bond motifs is 1. The number of nitrogens with one attached hydrogen (secondary N) is 1. The molecule has 5 rings (SSSR count). The fourth-order valence-electron chi connectivity index (χ4n) is 5.47. The molecule has 1 aromatic carbocycles. The Morgan fingerprint density at radius 1 is 0.978 bits per heavy atom. The van der Waals surface area contributed by atoms with Gasteiger partial charge >= 0.3 is 0 Å². The summed E-state index contributed by atoms with van der Waals surface area (Å²) in [5, 5.41) is 6.96. The number of carbonyl (C=O) groups is 1. The number of carbonyl (C=O) groups excluding carboxylic acids is 1. The standard InChI is InChI=1S/C27H38F2N8O5S2Si/c1-5-43(39,40)37(44(41,42)6-2)20-7-8-21(22(17-20)34-13-15-45(3,4)16-14-34)25(38)32-23-18-24-30-19-31-36(24)26(33-23)35-11-9-27(28,29)10-12-35/h7-8,17-19H,5-6,9-16H2,1-4H3,(H,32,38)/q-1. The topological polar surface area (TPSA) is 150 Å². The number of sulfonamides is 2. The number of hydrogen-bond donors (Lipinski definition) is 1. The van der Waals surface area contributed by atoms with Crippen molar-refractivity contribution in [1.82, 2.24) is 19.6 Å². The van der Waals surface area contributed by atoms with E-state index in [-0.39, 0.29) is 48.9 Å². The first-order chi connectivity index (χ1) is 21.1. The maximum absolute atomic E-state index is 13.9. The molecule has 4 heterocycles. The number of halogens is 2. The minimum Gasteiger partial charge on any atom is -0.377 e. The molecule has 1 N–H and O–H groups in total. The van der Waals surface area contributed by atoms with Crippen molar-refractivity contribution in [3.63, 3.8) is 0 Å². The smallest absolute Gasteiger partial charge is 0.258 e. The number of hydrogen-bond acceptors (Lipinski definition) is 10. The van der Waals surface area contributed by atoms with Crippen LogP contribution in [0.1, 0.15) is 37.0 Å². The van der Waals surface area contributed by atoms with E-state index in [2.05, 4.69) is 33.5 Å². The zero-order valence-corrected chi connectivity index (χ0v) is 28.3. The minimum absolute atomic E-state index is 0.0461. The fourth-order valence-corrected chi connectivity index (χ4v) is 10.8. The van der Waals surface area contributed by atoms with Crippen LogP contribution in [0.2, 0.25) is 25.2 Å². The highest BCUT2D eigenvalue weighted by Crippen LogP contribution is 2.35. The van der Waals surface area contributed by atoms with Gasteiger partial charge in [-0.25, -0.2) is 30.6 Å². The van der Waals surface area contributed by atoms with Gasteiger partial charge in [-0.3, -0.25) is 4.79 Å². The lowest BCUT2D eigenvalue weighted by atomic mass is 10.1. The van der Waals surface area contributed by atoms with Gasteiger partial charge in [-0.05, 0) is 45.1 Å². The summed E-state index contributed by atoms with van der Waals surface area (Å²) in [6.45, 7) is 8.65. The van der Waals surface area contributed by atoms with E-state index in [4.69, 9.17) is 0 Å². The predicted octanol–water partition coefficient (Wildman–Crippen LogP) is 3.65. The third kappa shape index (κ3) is 6.91. The number of piperidine rings is 1. The average Bonchev–Trinajstić information content (AvgIpc) is 3.45. The summed E-state index contributed by atoms with van der Waals surface area (Å²) in [7, 11) is -9.88. The van der Waals surface area contributed by atoms with E-state index in [1.807, 2.05) is 4.90 Å². The van der Waals surface area contributed by atoms with Crippen molar-refractivity contribution in [2.75, 3.05) is 56.5 Å². The first kappa shape index (κ1) is 33.0. The molecule has 1 amide bonds. The van der Waals surface area contributed by atoms with Crippen molar-refractivity contribution < 1.29 is 30.4 Å². The normalized spacial score (nSPS) is 18.6. The maximum atomic E-state index is 13.9. The van der Waals surface area contributed by atoms with Crippen LogP contribution in [0.25, 0.3) is 5.65 Å². The van der Waals surface area contributed by atoms with Gasteiger partial charge < -0.3 is 15.1 Å². The Kier molecular flexibility index (Phi) is 8.86. The van der Waals surface area contributed by atoms with Crippen LogP contribution >= 0.6 is 0 Å². The van der Waals surface area contributed by atoms with Crippen LogP contribution in [0.3, 0.4) is 0 Å². The third-order valence-corrected chi connectivity index (χ3v) is 15.8. The van der Waals surface area contributed by atoms with Gasteiger partial charge in [-0.1, -0.05) is 0 Å². The molecule has 0 saturated carbocycles. The molecule has 2 saturated heterocycles. The highest BCUT2D eigenvalue weighted by Gasteiger charge is 2.36. The van der Waals surface area contributed by atoms with E-state index < -0.39 is 51.5 Å². The molecule has 2 aliphatic heterocycles. The van der Waals surface area contributed by atoms with Gasteiger partial charge in [0.1, 0.15) is 12.1 Å². The molecule has 0 radical (unpaired) electrons. The van der Waals surface area contributed by atoms with Crippen LogP contribution in [0.15, 0.2) is 30.6 Å². The second-order valence-electron chi connectivity index (χ2n) is 12.1. The quantitative estimate of drug-likeness (QED) is 0.331. The highest BCUT2D eigenvalue weighted by molar-refractivity contribution is 8.10. The molecular weight excluding hydrogens is 647 g/mol. The zero-order chi connectivity index (χ0) is 32.8. The van der Waals surface area contributed by atoms with Crippen molar-refractivity contribution in [3.05, 3.63) is 36.2 Å². The molecule has 0 aliphatic carbocycles. The molecule has 2 aliphatic rings. The first-order valence-corrected chi connectivity index (χ1v) is 21.5. The molecule has 2 aromatic heterocycles. The van der Waals surface area contributed by atoms with Crippen molar-refractivity contribution in [2.24, 2.45) is 0 Å². The highest BCUT2D eigenvalue weighted by atomic mass is 32.3. The van der Waals surface area contributed by atoms with Crippen LogP contribution < -0.4 is 18.8 Å². The molecule has 18 heteroatoms. The van der Waals surface area contributed by atoms with Gasteiger partial charge in [0, 0.05) is 32.0 Å². The van der Waals surface area contributed by atoms with Crippen molar-refractivity contribution in [3.8, 4) is 0 Å². The Morgan fingerprint density at radius 3 is 2.20 bits per heavy atom. The Bertz CT molecular complexity index is 1770. The molecule has 0 unspecified atom stereocenters. The van der Waals surface area contributed by atoms with Gasteiger partial charge in [0.2, 0.25) is 26.0 Å². The zero-order valence-electron chi connectivity index (χ0n) is 25.7. The van der Waals surface area contributed by atoms with Gasteiger partial charge in [-0.2, -0.15) is 31.4 Å². The number of nitrogens with zero attached hydrogens (tertiary/aromatic N) is 7. The summed E-state index contributed by atoms with van der Waals surface area (Å²) in [6, 6.07) is 7.57. The van der Waals surface area contributed by atoms with Crippen LogP contribution in [-0.4, -0.2) is 94.0 Å². The molecule has 45 heavy (non-hydrogen) atoms. The number of rotatable bonds is 9. The SMILES string of the molecule is CCS(=O)(=O)N(c1ccc(C(=O)Nc2cc3ncnn3c(N3CCC(F)(F)CC3)n2)c(N2CC[Si-](C)(C)CC2)c1)S(=O)(=O)CC. The molecule has 2 fully saturated rings. The van der Waals surface area contributed by atoms with E-state index in [9.17, 15) is 30.4 Å². The monoisotopic (exact) mass is 684 g/mol. The molecule has 13 nitrogen and oxygen atoms in total. The molecular formula is C27H38F2N8O5S2Si-. The second-order valence-corrected chi connectivity index (χ2v) is 21.9. The summed E-state index contributed by atoms with van der Waals surface area (Å²) in [5.74, 6) is -3.80. The predicted molar refractivity (Wildman–Crippen MR) is 172 cm³/mol. The molecule has 247 valence electrons. The van der Waals surface area contributed by atoms with Crippen LogP contribution in [-0.2, 0) is 20.0 Å². The molecule has 0 bridgehead atoms. The van der Waals surface area contributed by atoms with E-state index >= 15 is 0 Å². The lowest BCUT2D eigenvalue weighted by molar-refractivity contribution is -0.0223. The first-order valence-electron chi connectivity index (χ1n) is 14.9. The Labute approximate surface area is 262 Å². The summed E-state index contributed by atoms with van der Waals surface area (Å²) in [6.07, 6.45) is 0.624. The van der Waals surface area contributed by atoms with Crippen LogP contribution in [0.5, 0.6) is 0 Å². The third-order valence-electron chi connectivity index (χ3n) is 8.40.